The maximum atomic E-state index is 15.8. The molecule has 1 fully saturated rings. The number of piperazine rings is 1. The average Bonchev–Trinajstić information content (AvgIpc) is 2.76. The monoisotopic (exact) mass is 436 g/mol. The van der Waals surface area contributed by atoms with Crippen molar-refractivity contribution in [3.05, 3.63) is 69.9 Å². The van der Waals surface area contributed by atoms with Crippen molar-refractivity contribution in [2.45, 2.75) is 13.0 Å². The first-order chi connectivity index (χ1) is 14.9. The molecule has 4 aromatic rings. The number of nitrogens with one attached hydrogen (secondary N) is 1. The highest BCUT2D eigenvalue weighted by Gasteiger charge is 2.25. The lowest BCUT2D eigenvalue weighted by atomic mass is 9.96. The Balaban J connectivity index is 1.71. The highest BCUT2D eigenvalue weighted by molar-refractivity contribution is 6.36. The molecule has 1 aromatic heterocycles. The molecule has 1 aliphatic heterocycles. The molecule has 0 unspecified atom stereocenters. The van der Waals surface area contributed by atoms with Crippen LogP contribution in [-0.4, -0.2) is 47.6 Å². The Kier molecular flexibility index (Phi) is 4.91. The van der Waals surface area contributed by atoms with Crippen molar-refractivity contribution in [2.75, 3.05) is 31.6 Å². The lowest BCUT2D eigenvalue weighted by Gasteiger charge is -2.38. The van der Waals surface area contributed by atoms with Crippen molar-refractivity contribution in [1.29, 1.82) is 0 Å². The van der Waals surface area contributed by atoms with Gasteiger partial charge in [-0.3, -0.25) is 0 Å². The molecule has 1 aliphatic rings. The SMILES string of the molecule is C[C@H]1CN(c2nc(=O)[nH]c3c(F)c(-c4cccc5cccc(Cl)c45)ccc23)CCN1C. The van der Waals surface area contributed by atoms with Gasteiger partial charge in [0.2, 0.25) is 0 Å². The molecule has 158 valence electrons. The van der Waals surface area contributed by atoms with E-state index in [0.29, 0.717) is 33.4 Å². The fourth-order valence-electron chi connectivity index (χ4n) is 4.39. The van der Waals surface area contributed by atoms with Crippen molar-refractivity contribution in [3.63, 3.8) is 0 Å². The highest BCUT2D eigenvalue weighted by Crippen LogP contribution is 2.37. The van der Waals surface area contributed by atoms with Gasteiger partial charge in [0.05, 0.1) is 5.52 Å². The third kappa shape index (κ3) is 3.36. The Hall–Kier alpha value is -2.96. The minimum absolute atomic E-state index is 0.170. The molecule has 0 saturated carbocycles. The molecule has 0 amide bonds. The number of nitrogens with zero attached hydrogens (tertiary/aromatic N) is 3. The normalized spacial score (nSPS) is 17.5. The number of aromatic nitrogens is 2. The van der Waals surface area contributed by atoms with Gasteiger partial charge in [0.1, 0.15) is 5.82 Å². The van der Waals surface area contributed by atoms with Crippen LogP contribution in [0.25, 0.3) is 32.8 Å². The van der Waals surface area contributed by atoms with Gasteiger partial charge in [0, 0.05) is 47.0 Å². The fourth-order valence-corrected chi connectivity index (χ4v) is 4.67. The van der Waals surface area contributed by atoms with E-state index in [1.165, 1.54) is 0 Å². The van der Waals surface area contributed by atoms with Crippen molar-refractivity contribution >= 4 is 39.1 Å². The highest BCUT2D eigenvalue weighted by atomic mass is 35.5. The molecule has 5 nitrogen and oxygen atoms in total. The largest absolute Gasteiger partial charge is 0.353 e. The van der Waals surface area contributed by atoms with Crippen LogP contribution in [0, 0.1) is 5.82 Å². The van der Waals surface area contributed by atoms with E-state index in [2.05, 4.69) is 33.7 Å². The number of likely N-dealkylation sites (N-methyl/N-ethyl adjacent to an activating group) is 1. The zero-order valence-electron chi connectivity index (χ0n) is 17.3. The van der Waals surface area contributed by atoms with Crippen LogP contribution in [0.15, 0.2) is 53.3 Å². The quantitative estimate of drug-likeness (QED) is 0.496. The molecule has 0 aliphatic carbocycles. The standard InChI is InChI=1S/C24H22ClFN4O/c1-14-13-30(12-11-29(14)2)23-18-10-9-17(21(26)22(18)27-24(31)28-23)16-7-3-5-15-6-4-8-19(25)20(15)16/h3-10,14H,11-13H2,1-2H3,(H,27,28,31)/t14-/m0/s1. The molecule has 1 N–H and O–H groups in total. The number of aromatic amines is 1. The number of H-pyrrole nitrogens is 1. The van der Waals surface area contributed by atoms with Crippen LogP contribution < -0.4 is 10.6 Å². The Morgan fingerprint density at radius 1 is 1.10 bits per heavy atom. The summed E-state index contributed by atoms with van der Waals surface area (Å²) in [6.45, 7) is 4.44. The van der Waals surface area contributed by atoms with E-state index in [1.54, 1.807) is 12.1 Å². The Labute approximate surface area is 184 Å². The van der Waals surface area contributed by atoms with E-state index in [0.717, 1.165) is 30.4 Å². The predicted molar refractivity (Wildman–Crippen MR) is 125 cm³/mol. The van der Waals surface area contributed by atoms with Gasteiger partial charge in [-0.25, -0.2) is 9.18 Å². The van der Waals surface area contributed by atoms with Gasteiger partial charge < -0.3 is 14.8 Å². The van der Waals surface area contributed by atoms with E-state index in [4.69, 9.17) is 11.6 Å². The van der Waals surface area contributed by atoms with Gasteiger partial charge in [-0.1, -0.05) is 48.0 Å². The number of benzene rings is 3. The van der Waals surface area contributed by atoms with Gasteiger partial charge in [0.15, 0.2) is 5.82 Å². The van der Waals surface area contributed by atoms with Crippen LogP contribution in [0.3, 0.4) is 0 Å². The molecule has 1 saturated heterocycles. The summed E-state index contributed by atoms with van der Waals surface area (Å²) >= 11 is 6.46. The van der Waals surface area contributed by atoms with Crippen molar-refractivity contribution in [3.8, 4) is 11.1 Å². The predicted octanol–water partition coefficient (Wildman–Crippen LogP) is 4.68. The second kappa shape index (κ2) is 7.62. The Bertz CT molecular complexity index is 1360. The third-order valence-electron chi connectivity index (χ3n) is 6.23. The lowest BCUT2D eigenvalue weighted by Crippen LogP contribution is -2.50. The van der Waals surface area contributed by atoms with Crippen LogP contribution in [0.2, 0.25) is 5.02 Å². The number of anilines is 1. The molecule has 3 aromatic carbocycles. The number of hydrogen-bond donors (Lipinski definition) is 1. The first kappa shape index (κ1) is 20.0. The topological polar surface area (TPSA) is 52.2 Å². The van der Waals surface area contributed by atoms with Crippen molar-refractivity contribution in [1.82, 2.24) is 14.9 Å². The fraction of sp³-hybridized carbons (Fsp3) is 0.250. The summed E-state index contributed by atoms with van der Waals surface area (Å²) in [5, 5.41) is 2.88. The number of rotatable bonds is 2. The smallest absolute Gasteiger partial charge is 0.347 e. The molecule has 2 heterocycles. The minimum Gasteiger partial charge on any atom is -0.353 e. The first-order valence-electron chi connectivity index (χ1n) is 10.3. The Morgan fingerprint density at radius 3 is 2.65 bits per heavy atom. The van der Waals surface area contributed by atoms with E-state index in [9.17, 15) is 4.79 Å². The second-order valence-electron chi connectivity index (χ2n) is 8.13. The summed E-state index contributed by atoms with van der Waals surface area (Å²) in [6, 6.07) is 15.2. The maximum Gasteiger partial charge on any atom is 0.347 e. The van der Waals surface area contributed by atoms with Gasteiger partial charge in [-0.15, -0.1) is 0 Å². The average molecular weight is 437 g/mol. The van der Waals surface area contributed by atoms with Gasteiger partial charge in [0.25, 0.3) is 0 Å². The summed E-state index contributed by atoms with van der Waals surface area (Å²) in [7, 11) is 2.08. The minimum atomic E-state index is -0.555. The van der Waals surface area contributed by atoms with Gasteiger partial charge in [-0.2, -0.15) is 4.98 Å². The summed E-state index contributed by atoms with van der Waals surface area (Å²) < 4.78 is 15.8. The summed E-state index contributed by atoms with van der Waals surface area (Å²) in [5.74, 6) is 0.0490. The van der Waals surface area contributed by atoms with Crippen molar-refractivity contribution < 1.29 is 4.39 Å². The van der Waals surface area contributed by atoms with Crippen LogP contribution in [0.1, 0.15) is 6.92 Å². The van der Waals surface area contributed by atoms with Gasteiger partial charge >= 0.3 is 5.69 Å². The first-order valence-corrected chi connectivity index (χ1v) is 10.7. The molecule has 5 rings (SSSR count). The molecular formula is C24H22ClFN4O. The zero-order chi connectivity index (χ0) is 21.7. The van der Waals surface area contributed by atoms with E-state index in [1.807, 2.05) is 36.4 Å². The van der Waals surface area contributed by atoms with Crippen LogP contribution in [0.5, 0.6) is 0 Å². The maximum absolute atomic E-state index is 15.8. The molecule has 1 atom stereocenters. The third-order valence-corrected chi connectivity index (χ3v) is 6.54. The van der Waals surface area contributed by atoms with Crippen LogP contribution >= 0.6 is 11.6 Å². The zero-order valence-corrected chi connectivity index (χ0v) is 18.1. The number of hydrogen-bond acceptors (Lipinski definition) is 4. The molecule has 7 heteroatoms. The number of halogens is 2. The summed E-state index contributed by atoms with van der Waals surface area (Å²) in [6.07, 6.45) is 0. The molecule has 0 bridgehead atoms. The van der Waals surface area contributed by atoms with Crippen molar-refractivity contribution in [2.24, 2.45) is 0 Å². The molecule has 0 radical (unpaired) electrons. The van der Waals surface area contributed by atoms with Gasteiger partial charge in [-0.05, 0) is 37.1 Å². The second-order valence-corrected chi connectivity index (χ2v) is 8.54. The van der Waals surface area contributed by atoms with Crippen LogP contribution in [-0.2, 0) is 0 Å². The molecule has 0 spiro atoms. The molecule has 31 heavy (non-hydrogen) atoms. The molecular weight excluding hydrogens is 415 g/mol. The van der Waals surface area contributed by atoms with Crippen LogP contribution in [0.4, 0.5) is 10.2 Å². The lowest BCUT2D eigenvalue weighted by molar-refractivity contribution is 0.233. The summed E-state index contributed by atoms with van der Waals surface area (Å²) in [4.78, 5) is 23.5. The summed E-state index contributed by atoms with van der Waals surface area (Å²) in [5.41, 5.74) is 0.699. The Morgan fingerprint density at radius 2 is 1.87 bits per heavy atom. The van der Waals surface area contributed by atoms with E-state index >= 15 is 4.39 Å². The van der Waals surface area contributed by atoms with E-state index in [-0.39, 0.29) is 5.52 Å². The number of fused-ring (bicyclic) bond motifs is 2. The van der Waals surface area contributed by atoms with E-state index < -0.39 is 11.5 Å².